The monoisotopic (exact) mass is 408 g/mol. The summed E-state index contributed by atoms with van der Waals surface area (Å²) in [6.07, 6.45) is 0.901. The van der Waals surface area contributed by atoms with Crippen molar-refractivity contribution in [3.05, 3.63) is 53.1 Å². The van der Waals surface area contributed by atoms with E-state index in [2.05, 4.69) is 10.5 Å². The van der Waals surface area contributed by atoms with Gasteiger partial charge >= 0.3 is 6.09 Å². The molecule has 0 atom stereocenters. The largest absolute Gasteiger partial charge is 0.493 e. The van der Waals surface area contributed by atoms with Gasteiger partial charge in [0.25, 0.3) is 0 Å². The molecule has 2 rings (SSSR count). The lowest BCUT2D eigenvalue weighted by atomic mass is 10.2. The van der Waals surface area contributed by atoms with Crippen LogP contribution in [-0.4, -0.2) is 38.4 Å². The molecule has 0 fully saturated rings. The van der Waals surface area contributed by atoms with Gasteiger partial charge in [0.05, 0.1) is 26.5 Å². The second-order valence-corrected chi connectivity index (χ2v) is 6.76. The predicted octanol–water partition coefficient (Wildman–Crippen LogP) is 4.60. The number of amides is 1. The maximum absolute atomic E-state index is 11.2. The minimum Gasteiger partial charge on any atom is -0.493 e. The summed E-state index contributed by atoms with van der Waals surface area (Å²) in [6.45, 7) is 2.54. The highest BCUT2D eigenvalue weighted by Gasteiger charge is 2.06. The number of halogens is 1. The average molecular weight is 409 g/mol. The third-order valence-electron chi connectivity index (χ3n) is 3.26. The Balaban J connectivity index is 1.85. The fourth-order valence-corrected chi connectivity index (χ4v) is 2.91. The van der Waals surface area contributed by atoms with Crippen LogP contribution in [0.1, 0.15) is 12.5 Å². The molecule has 6 nitrogen and oxygen atoms in total. The van der Waals surface area contributed by atoms with Gasteiger partial charge < -0.3 is 14.2 Å². The summed E-state index contributed by atoms with van der Waals surface area (Å²) in [5.41, 5.74) is 3.03. The number of hydrogen-bond acceptors (Lipinski definition) is 6. The van der Waals surface area contributed by atoms with Crippen molar-refractivity contribution in [1.29, 1.82) is 0 Å². The van der Waals surface area contributed by atoms with Gasteiger partial charge in [0.1, 0.15) is 0 Å². The number of carbonyl (C=O) groups is 1. The van der Waals surface area contributed by atoms with Gasteiger partial charge in [-0.15, -0.1) is 11.8 Å². The van der Waals surface area contributed by atoms with E-state index in [9.17, 15) is 4.79 Å². The number of ether oxygens (including phenoxy) is 3. The molecule has 0 radical (unpaired) electrons. The van der Waals surface area contributed by atoms with Crippen LogP contribution < -0.4 is 14.9 Å². The molecule has 2 aromatic rings. The first kappa shape index (κ1) is 20.9. The van der Waals surface area contributed by atoms with Crippen LogP contribution in [0.15, 0.2) is 52.5 Å². The van der Waals surface area contributed by atoms with Gasteiger partial charge in [-0.3, -0.25) is 0 Å². The molecule has 0 saturated carbocycles. The van der Waals surface area contributed by atoms with Crippen molar-refractivity contribution < 1.29 is 19.0 Å². The molecule has 0 saturated heterocycles. The lowest BCUT2D eigenvalue weighted by Gasteiger charge is -2.11. The summed E-state index contributed by atoms with van der Waals surface area (Å²) in [4.78, 5) is 12.3. The number of nitrogens with one attached hydrogen (secondary N) is 1. The molecule has 0 bridgehead atoms. The number of thioether (sulfide) groups is 1. The van der Waals surface area contributed by atoms with Gasteiger partial charge in [0, 0.05) is 15.7 Å². The van der Waals surface area contributed by atoms with Gasteiger partial charge in [-0.25, -0.2) is 10.2 Å². The van der Waals surface area contributed by atoms with Crippen molar-refractivity contribution in [2.45, 2.75) is 11.8 Å². The van der Waals surface area contributed by atoms with Crippen molar-refractivity contribution in [3.8, 4) is 11.5 Å². The molecule has 2 aromatic carbocycles. The number of hydrazone groups is 1. The van der Waals surface area contributed by atoms with Gasteiger partial charge in [0.2, 0.25) is 0 Å². The molecule has 0 heterocycles. The first-order valence-corrected chi connectivity index (χ1v) is 9.63. The molecule has 0 aliphatic heterocycles. The Hall–Kier alpha value is -2.38. The van der Waals surface area contributed by atoms with E-state index in [1.807, 2.05) is 30.3 Å². The van der Waals surface area contributed by atoms with E-state index in [0.717, 1.165) is 21.2 Å². The molecule has 0 spiro atoms. The second-order valence-electron chi connectivity index (χ2n) is 5.15. The summed E-state index contributed by atoms with van der Waals surface area (Å²) in [6, 6.07) is 13.1. The fraction of sp³-hybridized carbons (Fsp3) is 0.263. The van der Waals surface area contributed by atoms with Gasteiger partial charge in [-0.05, 0) is 55.0 Å². The second kappa shape index (κ2) is 11.4. The van der Waals surface area contributed by atoms with E-state index in [1.165, 1.54) is 6.21 Å². The Morgan fingerprint density at radius 3 is 2.70 bits per heavy atom. The molecule has 1 amide bonds. The number of carbonyl (C=O) groups excluding carboxylic acids is 1. The number of nitrogens with zero attached hydrogens (tertiary/aromatic N) is 1. The topological polar surface area (TPSA) is 69.2 Å². The summed E-state index contributed by atoms with van der Waals surface area (Å²) in [5, 5.41) is 4.55. The van der Waals surface area contributed by atoms with Crippen LogP contribution in [0.25, 0.3) is 0 Å². The molecular weight excluding hydrogens is 388 g/mol. The van der Waals surface area contributed by atoms with E-state index >= 15 is 0 Å². The van der Waals surface area contributed by atoms with E-state index in [-0.39, 0.29) is 6.61 Å². The zero-order valence-corrected chi connectivity index (χ0v) is 16.7. The quantitative estimate of drug-likeness (QED) is 0.284. The molecule has 1 N–H and O–H groups in total. The van der Waals surface area contributed by atoms with Crippen LogP contribution in [0.5, 0.6) is 11.5 Å². The first-order chi connectivity index (χ1) is 13.1. The number of rotatable bonds is 9. The Kier molecular flexibility index (Phi) is 8.80. The van der Waals surface area contributed by atoms with Gasteiger partial charge in [0.15, 0.2) is 11.5 Å². The van der Waals surface area contributed by atoms with E-state index < -0.39 is 6.09 Å². The molecular formula is C19H21ClN2O4S. The van der Waals surface area contributed by atoms with Crippen LogP contribution in [0.2, 0.25) is 5.02 Å². The Morgan fingerprint density at radius 2 is 2.00 bits per heavy atom. The highest BCUT2D eigenvalue weighted by molar-refractivity contribution is 7.99. The third kappa shape index (κ3) is 7.40. The van der Waals surface area contributed by atoms with Crippen LogP contribution in [0.4, 0.5) is 4.79 Å². The van der Waals surface area contributed by atoms with Gasteiger partial charge in [-0.1, -0.05) is 11.6 Å². The molecule has 8 heteroatoms. The van der Waals surface area contributed by atoms with Crippen molar-refractivity contribution in [3.63, 3.8) is 0 Å². The highest BCUT2D eigenvalue weighted by Crippen LogP contribution is 2.28. The van der Waals surface area contributed by atoms with Crippen LogP contribution >= 0.6 is 23.4 Å². The number of methoxy groups -OCH3 is 1. The Morgan fingerprint density at radius 1 is 1.22 bits per heavy atom. The van der Waals surface area contributed by atoms with Crippen LogP contribution in [0.3, 0.4) is 0 Å². The van der Waals surface area contributed by atoms with Crippen LogP contribution in [0, 0.1) is 0 Å². The molecule has 0 aliphatic carbocycles. The lowest BCUT2D eigenvalue weighted by molar-refractivity contribution is 0.152. The minimum atomic E-state index is -0.598. The van der Waals surface area contributed by atoms with Crippen molar-refractivity contribution in [1.82, 2.24) is 5.43 Å². The highest BCUT2D eigenvalue weighted by atomic mass is 35.5. The van der Waals surface area contributed by atoms with Crippen molar-refractivity contribution >= 4 is 35.7 Å². The summed E-state index contributed by atoms with van der Waals surface area (Å²) in [7, 11) is 1.57. The minimum absolute atomic E-state index is 0.289. The third-order valence-corrected chi connectivity index (χ3v) is 4.48. The normalized spacial score (nSPS) is 10.6. The van der Waals surface area contributed by atoms with Gasteiger partial charge in [-0.2, -0.15) is 5.10 Å². The molecule has 144 valence electrons. The maximum Gasteiger partial charge on any atom is 0.427 e. The molecule has 27 heavy (non-hydrogen) atoms. The number of hydrogen-bond donors (Lipinski definition) is 1. The van der Waals surface area contributed by atoms with E-state index in [4.69, 9.17) is 25.8 Å². The molecule has 0 aliphatic rings. The first-order valence-electron chi connectivity index (χ1n) is 8.27. The summed E-state index contributed by atoms with van der Waals surface area (Å²) in [5.74, 6) is 2.02. The van der Waals surface area contributed by atoms with Crippen molar-refractivity contribution in [2.24, 2.45) is 5.10 Å². The Labute approximate surface area is 167 Å². The predicted molar refractivity (Wildman–Crippen MR) is 108 cm³/mol. The van der Waals surface area contributed by atoms with E-state index in [1.54, 1.807) is 37.9 Å². The SMILES string of the molecule is CCOC(=O)N/N=C/c1ccc(OCCSc2ccc(Cl)cc2)c(OC)c1. The van der Waals surface area contributed by atoms with E-state index in [0.29, 0.717) is 18.1 Å². The fourth-order valence-electron chi connectivity index (χ4n) is 2.05. The standard InChI is InChI=1S/C19H21ClN2O4S/c1-3-25-19(23)22-21-13-14-4-9-17(18(12-14)24-2)26-10-11-27-16-7-5-15(20)6-8-16/h4-9,12-13H,3,10-11H2,1-2H3,(H,22,23)/b21-13+. The maximum atomic E-state index is 11.2. The van der Waals surface area contributed by atoms with Crippen molar-refractivity contribution in [2.75, 3.05) is 26.1 Å². The summed E-state index contributed by atoms with van der Waals surface area (Å²) >= 11 is 7.56. The molecule has 0 unspecified atom stereocenters. The zero-order chi connectivity index (χ0) is 19.5. The van der Waals surface area contributed by atoms with Crippen LogP contribution in [-0.2, 0) is 4.74 Å². The number of benzene rings is 2. The zero-order valence-electron chi connectivity index (χ0n) is 15.1. The molecule has 0 aromatic heterocycles. The lowest BCUT2D eigenvalue weighted by Crippen LogP contribution is -2.18. The average Bonchev–Trinajstić information content (AvgIpc) is 2.67. The smallest absolute Gasteiger partial charge is 0.427 e. The Bertz CT molecular complexity index is 769. The summed E-state index contributed by atoms with van der Waals surface area (Å²) < 4.78 is 15.9.